The Morgan fingerprint density at radius 1 is 1.14 bits per heavy atom. The smallest absolute Gasteiger partial charge is 0.416 e. The van der Waals surface area contributed by atoms with Crippen molar-refractivity contribution in [2.45, 2.75) is 64.3 Å². The largest absolute Gasteiger partial charge is 0.481 e. The summed E-state index contributed by atoms with van der Waals surface area (Å²) in [5.41, 5.74) is -2.44. The van der Waals surface area contributed by atoms with Gasteiger partial charge in [0.15, 0.2) is 0 Å². The van der Waals surface area contributed by atoms with Gasteiger partial charge in [0.05, 0.1) is 17.5 Å². The van der Waals surface area contributed by atoms with Crippen LogP contribution in [0, 0.1) is 11.8 Å². The summed E-state index contributed by atoms with van der Waals surface area (Å²) in [7, 11) is 0. The first kappa shape index (κ1) is 26.7. The number of amides is 2. The lowest BCUT2D eigenvalue weighted by atomic mass is 9.82. The Kier molecular flexibility index (Phi) is 7.64. The number of nitrogens with zero attached hydrogens (tertiary/aromatic N) is 1. The Hall–Kier alpha value is -2.88. The lowest BCUT2D eigenvalue weighted by molar-refractivity contribution is -0.142. The topological polar surface area (TPSA) is 86.7 Å². The van der Waals surface area contributed by atoms with Crippen molar-refractivity contribution in [2.24, 2.45) is 11.8 Å². The van der Waals surface area contributed by atoms with Gasteiger partial charge in [-0.15, -0.1) is 11.3 Å². The Labute approximate surface area is 206 Å². The molecule has 0 spiro atoms. The predicted molar refractivity (Wildman–Crippen MR) is 126 cm³/mol. The van der Waals surface area contributed by atoms with Crippen LogP contribution in [0.3, 0.4) is 0 Å². The first-order valence-electron chi connectivity index (χ1n) is 11.4. The lowest BCUT2D eigenvalue weighted by Gasteiger charge is -2.41. The van der Waals surface area contributed by atoms with Gasteiger partial charge in [0.1, 0.15) is 5.54 Å². The summed E-state index contributed by atoms with van der Waals surface area (Å²) in [6.07, 6.45) is -4.47. The molecule has 10 heteroatoms. The van der Waals surface area contributed by atoms with E-state index >= 15 is 0 Å². The van der Waals surface area contributed by atoms with Gasteiger partial charge in [-0.25, -0.2) is 0 Å². The quantitative estimate of drug-likeness (QED) is 0.525. The summed E-state index contributed by atoms with van der Waals surface area (Å²) in [5.74, 6) is -3.43. The fourth-order valence-electron chi connectivity index (χ4n) is 4.84. The van der Waals surface area contributed by atoms with Crippen LogP contribution in [0.15, 0.2) is 41.8 Å². The van der Waals surface area contributed by atoms with Crippen molar-refractivity contribution in [3.8, 4) is 0 Å². The molecule has 35 heavy (non-hydrogen) atoms. The van der Waals surface area contributed by atoms with Gasteiger partial charge in [0.25, 0.3) is 5.91 Å². The fourth-order valence-corrected chi connectivity index (χ4v) is 5.72. The van der Waals surface area contributed by atoms with Crippen molar-refractivity contribution < 1.29 is 32.7 Å². The predicted octanol–water partition coefficient (Wildman–Crippen LogP) is 5.36. The number of nitrogens with one attached hydrogen (secondary N) is 1. The second-order valence-corrected chi connectivity index (χ2v) is 10.6. The highest BCUT2D eigenvalue weighted by Gasteiger charge is 2.60. The number of aliphatic carboxylic acids is 1. The van der Waals surface area contributed by atoms with Crippen LogP contribution < -0.4 is 5.32 Å². The van der Waals surface area contributed by atoms with Crippen molar-refractivity contribution in [1.82, 2.24) is 10.2 Å². The molecular formula is C25H29F3N2O4S. The first-order chi connectivity index (χ1) is 16.3. The monoisotopic (exact) mass is 510 g/mol. The van der Waals surface area contributed by atoms with Gasteiger partial charge in [0, 0.05) is 16.5 Å². The Morgan fingerprint density at radius 3 is 2.23 bits per heavy atom. The SMILES string of the molecule is CC(C)C[C@@]1(C(=O)NC(C)C)C[C@H](C(=O)O)[C@H](c2cccs2)N1C(=O)c1ccc(C(F)(F)F)cc1. The fraction of sp³-hybridized carbons (Fsp3) is 0.480. The second-order valence-electron chi connectivity index (χ2n) is 9.62. The Morgan fingerprint density at radius 2 is 1.77 bits per heavy atom. The number of halogens is 3. The zero-order chi connectivity index (χ0) is 26.1. The van der Waals surface area contributed by atoms with Crippen molar-refractivity contribution in [2.75, 3.05) is 0 Å². The zero-order valence-corrected chi connectivity index (χ0v) is 20.7. The van der Waals surface area contributed by atoms with Gasteiger partial charge in [0.2, 0.25) is 5.91 Å². The number of carboxylic acid groups (broad SMARTS) is 1. The van der Waals surface area contributed by atoms with E-state index in [1.165, 1.54) is 16.2 Å². The highest BCUT2D eigenvalue weighted by Crippen LogP contribution is 2.51. The van der Waals surface area contributed by atoms with Gasteiger partial charge >= 0.3 is 12.1 Å². The van der Waals surface area contributed by atoms with Crippen LogP contribution >= 0.6 is 11.3 Å². The average molecular weight is 511 g/mol. The number of likely N-dealkylation sites (tertiary alicyclic amines) is 1. The number of hydrogen-bond donors (Lipinski definition) is 2. The van der Waals surface area contributed by atoms with Crippen LogP contribution in [0.25, 0.3) is 0 Å². The standard InChI is InChI=1S/C25H29F3N2O4S/c1-14(2)12-24(23(34)29-15(3)4)13-18(22(32)33)20(19-6-5-11-35-19)30(24)21(31)16-7-9-17(10-8-16)25(26,27)28/h5-11,14-15,18,20H,12-13H2,1-4H3,(H,29,34)(H,32,33)/t18-,20+,24-/m0/s1. The zero-order valence-electron chi connectivity index (χ0n) is 19.9. The summed E-state index contributed by atoms with van der Waals surface area (Å²) >= 11 is 1.27. The number of carbonyl (C=O) groups is 3. The highest BCUT2D eigenvalue weighted by molar-refractivity contribution is 7.10. The molecule has 6 nitrogen and oxygen atoms in total. The number of carboxylic acids is 1. The third-order valence-corrected chi connectivity index (χ3v) is 7.04. The molecule has 0 radical (unpaired) electrons. The van der Waals surface area contributed by atoms with Crippen LogP contribution in [0.1, 0.15) is 67.4 Å². The van der Waals surface area contributed by atoms with E-state index in [0.717, 1.165) is 24.3 Å². The molecule has 1 aliphatic rings. The number of carbonyl (C=O) groups excluding carboxylic acids is 2. The molecular weight excluding hydrogens is 481 g/mol. The minimum atomic E-state index is -4.57. The van der Waals surface area contributed by atoms with E-state index < -0.39 is 47.0 Å². The van der Waals surface area contributed by atoms with E-state index in [1.54, 1.807) is 31.4 Å². The molecule has 2 aromatic rings. The highest BCUT2D eigenvalue weighted by atomic mass is 32.1. The van der Waals surface area contributed by atoms with Crippen molar-refractivity contribution in [3.05, 3.63) is 57.8 Å². The number of benzene rings is 1. The summed E-state index contributed by atoms with van der Waals surface area (Å²) < 4.78 is 39.3. The summed E-state index contributed by atoms with van der Waals surface area (Å²) in [6, 6.07) is 6.02. The molecule has 1 aromatic heterocycles. The maximum Gasteiger partial charge on any atom is 0.416 e. The first-order valence-corrected chi connectivity index (χ1v) is 12.2. The van der Waals surface area contributed by atoms with E-state index in [0.29, 0.717) is 4.88 Å². The van der Waals surface area contributed by atoms with E-state index in [2.05, 4.69) is 5.32 Å². The molecule has 1 aromatic carbocycles. The molecule has 3 rings (SSSR count). The van der Waals surface area contributed by atoms with Crippen LogP contribution in [-0.2, 0) is 15.8 Å². The summed E-state index contributed by atoms with van der Waals surface area (Å²) in [6.45, 7) is 7.28. The molecule has 1 saturated heterocycles. The van der Waals surface area contributed by atoms with Crippen molar-refractivity contribution in [1.29, 1.82) is 0 Å². The molecule has 0 bridgehead atoms. The second kappa shape index (κ2) is 10.0. The van der Waals surface area contributed by atoms with Crippen molar-refractivity contribution >= 4 is 29.1 Å². The molecule has 2 amide bonds. The summed E-state index contributed by atoms with van der Waals surface area (Å²) in [5, 5.41) is 14.7. The molecule has 1 fully saturated rings. The number of hydrogen-bond acceptors (Lipinski definition) is 4. The number of rotatable bonds is 7. The third kappa shape index (κ3) is 5.37. The molecule has 0 saturated carbocycles. The lowest BCUT2D eigenvalue weighted by Crippen LogP contribution is -2.59. The van der Waals surface area contributed by atoms with Crippen LogP contribution in [0.5, 0.6) is 0 Å². The molecule has 190 valence electrons. The van der Waals surface area contributed by atoms with Gasteiger partial charge in [-0.05, 0) is 68.3 Å². The van der Waals surface area contributed by atoms with Crippen molar-refractivity contribution in [3.63, 3.8) is 0 Å². The summed E-state index contributed by atoms with van der Waals surface area (Å²) in [4.78, 5) is 41.9. The maximum absolute atomic E-state index is 13.9. The molecule has 0 aliphatic carbocycles. The van der Waals surface area contributed by atoms with Crippen LogP contribution in [0.2, 0.25) is 0 Å². The van der Waals surface area contributed by atoms with E-state index in [9.17, 15) is 32.7 Å². The Bertz CT molecular complexity index is 1070. The van der Waals surface area contributed by atoms with Crippen LogP contribution in [0.4, 0.5) is 13.2 Å². The molecule has 0 unspecified atom stereocenters. The maximum atomic E-state index is 13.9. The van der Waals surface area contributed by atoms with Gasteiger partial charge in [-0.2, -0.15) is 13.2 Å². The van der Waals surface area contributed by atoms with Gasteiger partial charge < -0.3 is 15.3 Å². The normalized spacial score (nSPS) is 22.6. The minimum Gasteiger partial charge on any atom is -0.481 e. The third-order valence-electron chi connectivity index (χ3n) is 6.10. The minimum absolute atomic E-state index is 0.0453. The van der Waals surface area contributed by atoms with E-state index in [4.69, 9.17) is 0 Å². The Balaban J connectivity index is 2.21. The van der Waals surface area contributed by atoms with Gasteiger partial charge in [-0.1, -0.05) is 19.9 Å². The average Bonchev–Trinajstić information content (AvgIpc) is 3.38. The number of alkyl halides is 3. The van der Waals surface area contributed by atoms with Crippen LogP contribution in [-0.4, -0.2) is 39.4 Å². The molecule has 3 atom stereocenters. The molecule has 1 aliphatic heterocycles. The molecule has 2 heterocycles. The number of thiophene rings is 1. The molecule has 2 N–H and O–H groups in total. The van der Waals surface area contributed by atoms with E-state index in [-0.39, 0.29) is 30.4 Å². The van der Waals surface area contributed by atoms with E-state index in [1.807, 2.05) is 13.8 Å². The van der Waals surface area contributed by atoms with Gasteiger partial charge in [-0.3, -0.25) is 14.4 Å².